The summed E-state index contributed by atoms with van der Waals surface area (Å²) in [4.78, 5) is 20.2. The molecule has 0 aromatic rings. The van der Waals surface area contributed by atoms with Crippen LogP contribution in [0.3, 0.4) is 0 Å². The number of carbonyl (C=O) groups is 2. The summed E-state index contributed by atoms with van der Waals surface area (Å²) >= 11 is 0. The van der Waals surface area contributed by atoms with Crippen molar-refractivity contribution in [3.8, 4) is 0 Å². The first-order valence-electron chi connectivity index (χ1n) is 2.49. The van der Waals surface area contributed by atoms with E-state index >= 15 is 0 Å². The third-order valence-electron chi connectivity index (χ3n) is 0.847. The van der Waals surface area contributed by atoms with Gasteiger partial charge in [-0.25, -0.2) is 5.48 Å². The third-order valence-corrected chi connectivity index (χ3v) is 0.847. The summed E-state index contributed by atoms with van der Waals surface area (Å²) in [5.74, 6) is -2.08. The smallest absolute Gasteiger partial charge is 0.321 e. The van der Waals surface area contributed by atoms with Crippen LogP contribution >= 0.6 is 0 Å². The molecule has 6 nitrogen and oxygen atoms in total. The molecule has 0 aliphatic rings. The summed E-state index contributed by atoms with van der Waals surface area (Å²) in [6.07, 6.45) is -0.425. The maximum atomic E-state index is 10.2. The lowest BCUT2D eigenvalue weighted by Gasteiger charge is -2.02. The topological polar surface area (TPSA) is 113 Å². The first-order chi connectivity index (χ1) is 4.57. The maximum absolute atomic E-state index is 10.2. The fourth-order valence-electron chi connectivity index (χ4n) is 0.333. The lowest BCUT2D eigenvalue weighted by Crippen LogP contribution is -2.35. The van der Waals surface area contributed by atoms with Gasteiger partial charge in [0.05, 0.1) is 6.42 Å². The number of nitrogens with one attached hydrogen (secondary N) is 1. The zero-order valence-corrected chi connectivity index (χ0v) is 5.07. The number of aliphatic carboxylic acids is 1. The van der Waals surface area contributed by atoms with E-state index in [0.717, 1.165) is 0 Å². The highest BCUT2D eigenvalue weighted by molar-refractivity contribution is 5.83. The van der Waals surface area contributed by atoms with Gasteiger partial charge in [-0.05, 0) is 0 Å². The average molecular weight is 148 g/mol. The normalized spacial score (nSPS) is 12.2. The molecule has 0 saturated heterocycles. The molecular weight excluding hydrogens is 140 g/mol. The van der Waals surface area contributed by atoms with Crippen LogP contribution in [-0.2, 0) is 9.59 Å². The minimum Gasteiger partial charge on any atom is -0.480 e. The number of hydrogen-bond acceptors (Lipinski definition) is 4. The lowest BCUT2D eigenvalue weighted by molar-refractivity contribution is -0.141. The quantitative estimate of drug-likeness (QED) is 0.281. The summed E-state index contributed by atoms with van der Waals surface area (Å²) < 4.78 is 0. The van der Waals surface area contributed by atoms with Crippen molar-refractivity contribution in [3.05, 3.63) is 0 Å². The van der Waals surface area contributed by atoms with Crippen molar-refractivity contribution in [1.82, 2.24) is 5.48 Å². The fourth-order valence-corrected chi connectivity index (χ4v) is 0.333. The van der Waals surface area contributed by atoms with E-state index in [0.29, 0.717) is 0 Å². The van der Waals surface area contributed by atoms with Crippen molar-refractivity contribution < 1.29 is 19.9 Å². The molecule has 58 valence electrons. The number of hydroxylamine groups is 1. The van der Waals surface area contributed by atoms with E-state index in [1.54, 1.807) is 0 Å². The van der Waals surface area contributed by atoms with Gasteiger partial charge >= 0.3 is 5.97 Å². The SMILES string of the molecule is N[C@@H](CC(=O)NO)C(=O)O. The minimum atomic E-state index is -1.27. The van der Waals surface area contributed by atoms with E-state index in [1.165, 1.54) is 5.48 Å². The molecule has 0 rings (SSSR count). The largest absolute Gasteiger partial charge is 0.480 e. The molecule has 0 aliphatic heterocycles. The van der Waals surface area contributed by atoms with E-state index < -0.39 is 24.3 Å². The summed E-state index contributed by atoms with van der Waals surface area (Å²) in [5, 5.41) is 16.1. The first-order valence-corrected chi connectivity index (χ1v) is 2.49. The van der Waals surface area contributed by atoms with Crippen molar-refractivity contribution in [1.29, 1.82) is 0 Å². The Bertz CT molecular complexity index is 146. The van der Waals surface area contributed by atoms with Gasteiger partial charge in [0.2, 0.25) is 5.91 Å². The molecule has 6 heteroatoms. The zero-order chi connectivity index (χ0) is 8.15. The van der Waals surface area contributed by atoms with Crippen molar-refractivity contribution in [3.63, 3.8) is 0 Å². The van der Waals surface area contributed by atoms with Gasteiger partial charge in [0, 0.05) is 0 Å². The Balaban J connectivity index is 3.68. The van der Waals surface area contributed by atoms with E-state index in [2.05, 4.69) is 0 Å². The van der Waals surface area contributed by atoms with Gasteiger partial charge in [0.15, 0.2) is 0 Å². The van der Waals surface area contributed by atoms with Crippen molar-refractivity contribution in [2.24, 2.45) is 5.73 Å². The second-order valence-electron chi connectivity index (χ2n) is 1.68. The summed E-state index contributed by atoms with van der Waals surface area (Å²) in [7, 11) is 0. The average Bonchev–Trinajstić information content (AvgIpc) is 1.87. The van der Waals surface area contributed by atoms with Gasteiger partial charge in [-0.1, -0.05) is 0 Å². The Morgan fingerprint density at radius 1 is 1.60 bits per heavy atom. The Morgan fingerprint density at radius 2 is 2.10 bits per heavy atom. The van der Waals surface area contributed by atoms with Crippen LogP contribution in [0.2, 0.25) is 0 Å². The predicted molar refractivity (Wildman–Crippen MR) is 30.2 cm³/mol. The number of amides is 1. The number of carboxylic acids is 1. The Kier molecular flexibility index (Phi) is 3.37. The molecule has 0 aliphatic carbocycles. The van der Waals surface area contributed by atoms with E-state index in [-0.39, 0.29) is 0 Å². The van der Waals surface area contributed by atoms with Crippen molar-refractivity contribution in [2.45, 2.75) is 12.5 Å². The highest BCUT2D eigenvalue weighted by atomic mass is 16.5. The van der Waals surface area contributed by atoms with E-state index in [9.17, 15) is 9.59 Å². The summed E-state index contributed by atoms with van der Waals surface area (Å²) in [6.45, 7) is 0. The van der Waals surface area contributed by atoms with Crippen LogP contribution in [-0.4, -0.2) is 28.2 Å². The Morgan fingerprint density at radius 3 is 2.40 bits per heavy atom. The fraction of sp³-hybridized carbons (Fsp3) is 0.500. The molecule has 0 bridgehead atoms. The third kappa shape index (κ3) is 3.00. The molecule has 0 saturated carbocycles. The molecule has 0 aromatic heterocycles. The lowest BCUT2D eigenvalue weighted by atomic mass is 10.2. The van der Waals surface area contributed by atoms with Gasteiger partial charge in [-0.3, -0.25) is 14.8 Å². The maximum Gasteiger partial charge on any atom is 0.321 e. The summed E-state index contributed by atoms with van der Waals surface area (Å²) in [6, 6.07) is -1.26. The molecule has 0 aromatic carbocycles. The van der Waals surface area contributed by atoms with Crippen LogP contribution in [0, 0.1) is 0 Å². The van der Waals surface area contributed by atoms with Crippen LogP contribution in [0.15, 0.2) is 0 Å². The van der Waals surface area contributed by atoms with Gasteiger partial charge in [0.25, 0.3) is 0 Å². The second kappa shape index (κ2) is 3.80. The molecule has 1 amide bonds. The Hall–Kier alpha value is -1.14. The van der Waals surface area contributed by atoms with Gasteiger partial charge in [0.1, 0.15) is 6.04 Å². The molecule has 0 unspecified atom stereocenters. The molecule has 10 heavy (non-hydrogen) atoms. The molecule has 0 fully saturated rings. The molecule has 0 spiro atoms. The minimum absolute atomic E-state index is 0.425. The number of hydrogen-bond donors (Lipinski definition) is 4. The van der Waals surface area contributed by atoms with Gasteiger partial charge in [-0.2, -0.15) is 0 Å². The monoisotopic (exact) mass is 148 g/mol. The number of rotatable bonds is 3. The van der Waals surface area contributed by atoms with Crippen LogP contribution in [0.5, 0.6) is 0 Å². The van der Waals surface area contributed by atoms with E-state index in [1.807, 2.05) is 0 Å². The Labute approximate surface area is 56.6 Å². The van der Waals surface area contributed by atoms with Crippen LogP contribution in [0.25, 0.3) is 0 Å². The number of carbonyl (C=O) groups excluding carboxylic acids is 1. The van der Waals surface area contributed by atoms with Crippen LogP contribution < -0.4 is 11.2 Å². The van der Waals surface area contributed by atoms with Crippen molar-refractivity contribution in [2.75, 3.05) is 0 Å². The summed E-state index contributed by atoms with van der Waals surface area (Å²) in [5.41, 5.74) is 6.19. The standard InChI is InChI=1S/C4H8N2O4/c5-2(4(8)9)1-3(7)6-10/h2,10H,1,5H2,(H,6,7)(H,8,9)/t2-/m0/s1. The van der Waals surface area contributed by atoms with E-state index in [4.69, 9.17) is 16.0 Å². The van der Waals surface area contributed by atoms with Crippen LogP contribution in [0.1, 0.15) is 6.42 Å². The molecule has 0 radical (unpaired) electrons. The number of nitrogens with two attached hydrogens (primary N) is 1. The highest BCUT2D eigenvalue weighted by Gasteiger charge is 2.14. The van der Waals surface area contributed by atoms with Crippen LogP contribution in [0.4, 0.5) is 0 Å². The highest BCUT2D eigenvalue weighted by Crippen LogP contribution is 1.86. The molecule has 5 N–H and O–H groups in total. The number of carboxylic acid groups (broad SMARTS) is 1. The first kappa shape index (κ1) is 8.86. The second-order valence-corrected chi connectivity index (χ2v) is 1.68. The molecule has 1 atom stereocenters. The van der Waals surface area contributed by atoms with Gasteiger partial charge < -0.3 is 10.8 Å². The van der Waals surface area contributed by atoms with Crippen molar-refractivity contribution >= 4 is 11.9 Å². The zero-order valence-electron chi connectivity index (χ0n) is 5.07. The molecule has 0 heterocycles. The molecular formula is C4H8N2O4. The van der Waals surface area contributed by atoms with Gasteiger partial charge in [-0.15, -0.1) is 0 Å². The predicted octanol–water partition coefficient (Wildman–Crippen LogP) is -1.71.